The van der Waals surface area contributed by atoms with Crippen molar-refractivity contribution in [1.82, 2.24) is 9.78 Å². The van der Waals surface area contributed by atoms with Gasteiger partial charge in [-0.1, -0.05) is 0 Å². The maximum atomic E-state index is 6.17. The molecule has 1 aliphatic rings. The molecule has 1 saturated heterocycles. The predicted molar refractivity (Wildman–Crippen MR) is 53.7 cm³/mol. The minimum absolute atomic E-state index is 0.0567. The van der Waals surface area contributed by atoms with E-state index in [1.807, 2.05) is 19.4 Å². The fourth-order valence-corrected chi connectivity index (χ4v) is 2.08. The van der Waals surface area contributed by atoms with E-state index in [9.17, 15) is 0 Å². The van der Waals surface area contributed by atoms with Crippen molar-refractivity contribution in [2.24, 2.45) is 18.7 Å². The van der Waals surface area contributed by atoms with Crippen LogP contribution < -0.4 is 5.73 Å². The van der Waals surface area contributed by atoms with Gasteiger partial charge in [-0.15, -0.1) is 0 Å². The van der Waals surface area contributed by atoms with Gasteiger partial charge < -0.3 is 10.5 Å². The molecule has 1 aliphatic heterocycles. The standard InChI is InChI=1S/C10H17N3O/c1-7-9(3-4-14-7)10(11)8-5-12-13(2)6-8/h5-7,9-10H,3-4,11H2,1-2H3. The van der Waals surface area contributed by atoms with Gasteiger partial charge in [0.15, 0.2) is 0 Å². The van der Waals surface area contributed by atoms with Crippen molar-refractivity contribution in [2.75, 3.05) is 6.61 Å². The van der Waals surface area contributed by atoms with E-state index in [0.717, 1.165) is 18.6 Å². The zero-order valence-corrected chi connectivity index (χ0v) is 8.68. The van der Waals surface area contributed by atoms with E-state index < -0.39 is 0 Å². The van der Waals surface area contributed by atoms with Crippen molar-refractivity contribution in [1.29, 1.82) is 0 Å². The van der Waals surface area contributed by atoms with Crippen LogP contribution in [0.25, 0.3) is 0 Å². The lowest BCUT2D eigenvalue weighted by Crippen LogP contribution is -2.26. The van der Waals surface area contributed by atoms with Gasteiger partial charge >= 0.3 is 0 Å². The van der Waals surface area contributed by atoms with Crippen LogP contribution in [0.1, 0.15) is 24.9 Å². The van der Waals surface area contributed by atoms with Crippen LogP contribution in [0.15, 0.2) is 12.4 Å². The first-order valence-corrected chi connectivity index (χ1v) is 5.04. The summed E-state index contributed by atoms with van der Waals surface area (Å²) in [5, 5.41) is 4.13. The molecule has 0 amide bonds. The highest BCUT2D eigenvalue weighted by Crippen LogP contribution is 2.31. The molecule has 0 aromatic carbocycles. The zero-order chi connectivity index (χ0) is 10.1. The van der Waals surface area contributed by atoms with Gasteiger partial charge in [-0.2, -0.15) is 5.10 Å². The first-order chi connectivity index (χ1) is 6.68. The summed E-state index contributed by atoms with van der Waals surface area (Å²) in [6.45, 7) is 2.92. The number of nitrogens with two attached hydrogens (primary N) is 1. The molecule has 2 heterocycles. The molecular weight excluding hydrogens is 178 g/mol. The quantitative estimate of drug-likeness (QED) is 0.761. The van der Waals surface area contributed by atoms with Crippen molar-refractivity contribution < 1.29 is 4.74 Å². The van der Waals surface area contributed by atoms with Crippen LogP contribution in [0.2, 0.25) is 0 Å². The van der Waals surface area contributed by atoms with Crippen LogP contribution in [0.3, 0.4) is 0 Å². The Labute approximate surface area is 84.0 Å². The lowest BCUT2D eigenvalue weighted by atomic mass is 9.91. The molecule has 1 aromatic rings. The largest absolute Gasteiger partial charge is 0.378 e. The minimum Gasteiger partial charge on any atom is -0.378 e. The molecule has 1 aromatic heterocycles. The van der Waals surface area contributed by atoms with E-state index in [2.05, 4.69) is 12.0 Å². The van der Waals surface area contributed by atoms with Gasteiger partial charge in [0, 0.05) is 37.4 Å². The van der Waals surface area contributed by atoms with E-state index in [1.54, 1.807) is 4.68 Å². The van der Waals surface area contributed by atoms with Crippen LogP contribution in [0.5, 0.6) is 0 Å². The number of aromatic nitrogens is 2. The first-order valence-electron chi connectivity index (χ1n) is 5.04. The van der Waals surface area contributed by atoms with E-state index in [1.165, 1.54) is 0 Å². The van der Waals surface area contributed by atoms with Crippen LogP contribution in [0, 0.1) is 5.92 Å². The van der Waals surface area contributed by atoms with Crippen LogP contribution in [0.4, 0.5) is 0 Å². The summed E-state index contributed by atoms with van der Waals surface area (Å²) in [7, 11) is 1.91. The van der Waals surface area contributed by atoms with E-state index in [0.29, 0.717) is 5.92 Å². The average molecular weight is 195 g/mol. The number of aryl methyl sites for hydroxylation is 1. The lowest BCUT2D eigenvalue weighted by molar-refractivity contribution is 0.0995. The maximum Gasteiger partial charge on any atom is 0.0594 e. The maximum absolute atomic E-state index is 6.17. The molecule has 3 atom stereocenters. The summed E-state index contributed by atoms with van der Waals surface area (Å²) in [4.78, 5) is 0. The van der Waals surface area contributed by atoms with Crippen molar-refractivity contribution in [3.8, 4) is 0 Å². The van der Waals surface area contributed by atoms with Gasteiger partial charge in [0.1, 0.15) is 0 Å². The third-order valence-corrected chi connectivity index (χ3v) is 3.01. The minimum atomic E-state index is 0.0567. The molecule has 78 valence electrons. The van der Waals surface area contributed by atoms with E-state index in [-0.39, 0.29) is 12.1 Å². The molecule has 0 aliphatic carbocycles. The second-order valence-electron chi connectivity index (χ2n) is 4.00. The van der Waals surface area contributed by atoms with E-state index in [4.69, 9.17) is 10.5 Å². The van der Waals surface area contributed by atoms with Crippen molar-refractivity contribution in [2.45, 2.75) is 25.5 Å². The summed E-state index contributed by atoms with van der Waals surface area (Å²) in [6.07, 6.45) is 5.15. The SMILES string of the molecule is CC1OCCC1C(N)c1cnn(C)c1. The monoisotopic (exact) mass is 195 g/mol. The molecule has 0 bridgehead atoms. The first kappa shape index (κ1) is 9.68. The summed E-state index contributed by atoms with van der Waals surface area (Å²) in [5.74, 6) is 0.430. The molecule has 0 spiro atoms. The van der Waals surface area contributed by atoms with Gasteiger partial charge in [0.25, 0.3) is 0 Å². The Bertz CT molecular complexity index is 310. The van der Waals surface area contributed by atoms with Crippen LogP contribution in [-0.2, 0) is 11.8 Å². The van der Waals surface area contributed by atoms with Gasteiger partial charge in [-0.3, -0.25) is 4.68 Å². The summed E-state index contributed by atoms with van der Waals surface area (Å²) < 4.78 is 7.30. The Balaban J connectivity index is 2.11. The molecule has 4 nitrogen and oxygen atoms in total. The summed E-state index contributed by atoms with van der Waals surface area (Å²) in [5.41, 5.74) is 7.28. The third-order valence-electron chi connectivity index (χ3n) is 3.01. The molecule has 2 N–H and O–H groups in total. The molecule has 3 unspecified atom stereocenters. The number of rotatable bonds is 2. The lowest BCUT2D eigenvalue weighted by Gasteiger charge is -2.20. The molecule has 0 saturated carbocycles. The number of ether oxygens (including phenoxy) is 1. The van der Waals surface area contributed by atoms with Crippen molar-refractivity contribution in [3.63, 3.8) is 0 Å². The Morgan fingerprint density at radius 2 is 2.50 bits per heavy atom. The fourth-order valence-electron chi connectivity index (χ4n) is 2.08. The molecule has 2 rings (SSSR count). The van der Waals surface area contributed by atoms with Crippen LogP contribution >= 0.6 is 0 Å². The smallest absolute Gasteiger partial charge is 0.0594 e. The normalized spacial score (nSPS) is 29.4. The Morgan fingerprint density at radius 1 is 1.71 bits per heavy atom. The Morgan fingerprint density at radius 3 is 3.00 bits per heavy atom. The fraction of sp³-hybridized carbons (Fsp3) is 0.700. The molecular formula is C10H17N3O. The predicted octanol–water partition coefficient (Wildman–Crippen LogP) is 0.845. The molecule has 4 heteroatoms. The van der Waals surface area contributed by atoms with Crippen LogP contribution in [-0.4, -0.2) is 22.5 Å². The van der Waals surface area contributed by atoms with Crippen molar-refractivity contribution >= 4 is 0 Å². The zero-order valence-electron chi connectivity index (χ0n) is 8.68. The second kappa shape index (κ2) is 3.71. The Kier molecular flexibility index (Phi) is 2.56. The van der Waals surface area contributed by atoms with Gasteiger partial charge in [-0.25, -0.2) is 0 Å². The van der Waals surface area contributed by atoms with Gasteiger partial charge in [0.2, 0.25) is 0 Å². The molecule has 14 heavy (non-hydrogen) atoms. The number of nitrogens with zero attached hydrogens (tertiary/aromatic N) is 2. The molecule has 1 fully saturated rings. The van der Waals surface area contributed by atoms with Gasteiger partial charge in [0.05, 0.1) is 12.3 Å². The van der Waals surface area contributed by atoms with Crippen molar-refractivity contribution in [3.05, 3.63) is 18.0 Å². The number of hydrogen-bond donors (Lipinski definition) is 1. The second-order valence-corrected chi connectivity index (χ2v) is 4.00. The van der Waals surface area contributed by atoms with E-state index >= 15 is 0 Å². The highest BCUT2D eigenvalue weighted by molar-refractivity contribution is 5.11. The topological polar surface area (TPSA) is 53.1 Å². The average Bonchev–Trinajstić information content (AvgIpc) is 2.73. The Hall–Kier alpha value is -0.870. The summed E-state index contributed by atoms with van der Waals surface area (Å²) >= 11 is 0. The highest BCUT2D eigenvalue weighted by Gasteiger charge is 2.30. The molecule has 0 radical (unpaired) electrons. The third kappa shape index (κ3) is 1.67. The highest BCUT2D eigenvalue weighted by atomic mass is 16.5. The summed E-state index contributed by atoms with van der Waals surface area (Å²) in [6, 6.07) is 0.0567. The number of hydrogen-bond acceptors (Lipinski definition) is 3. The van der Waals surface area contributed by atoms with Gasteiger partial charge in [-0.05, 0) is 13.3 Å².